The first-order valence-corrected chi connectivity index (χ1v) is 7.22. The Kier molecular flexibility index (Phi) is 4.68. The molecule has 1 aliphatic rings. The number of hydrogen-bond acceptors (Lipinski definition) is 3. The van der Waals surface area contributed by atoms with Crippen molar-refractivity contribution in [1.82, 2.24) is 5.32 Å². The van der Waals surface area contributed by atoms with Gasteiger partial charge in [-0.25, -0.2) is 0 Å². The average Bonchev–Trinajstić information content (AvgIpc) is 2.76. The first kappa shape index (κ1) is 13.8. The highest BCUT2D eigenvalue weighted by Gasteiger charge is 2.40. The second-order valence-electron chi connectivity index (χ2n) is 5.34. The summed E-state index contributed by atoms with van der Waals surface area (Å²) in [4.78, 5) is 12.2. The Labute approximate surface area is 103 Å². The number of hydrogen-bond donors (Lipinski definition) is 2. The lowest BCUT2D eigenvalue weighted by Crippen LogP contribution is -2.47. The third-order valence-corrected chi connectivity index (χ3v) is 4.91. The normalized spacial score (nSPS) is 19.8. The van der Waals surface area contributed by atoms with E-state index in [4.69, 9.17) is 5.73 Å². The zero-order valence-corrected chi connectivity index (χ0v) is 11.5. The van der Waals surface area contributed by atoms with Gasteiger partial charge in [-0.1, -0.05) is 12.8 Å². The number of carbonyl (C=O) groups excluding carboxylic acids is 1. The van der Waals surface area contributed by atoms with E-state index in [1.807, 2.05) is 0 Å². The van der Waals surface area contributed by atoms with Crippen LogP contribution in [0, 0.1) is 5.41 Å². The van der Waals surface area contributed by atoms with Crippen LogP contribution in [-0.2, 0) is 4.79 Å². The van der Waals surface area contributed by atoms with Crippen molar-refractivity contribution in [3.63, 3.8) is 0 Å². The van der Waals surface area contributed by atoms with Gasteiger partial charge in [0.05, 0.1) is 5.41 Å². The van der Waals surface area contributed by atoms with Gasteiger partial charge in [-0.05, 0) is 32.9 Å². The summed E-state index contributed by atoms with van der Waals surface area (Å²) in [7, 11) is 0. The molecule has 1 amide bonds. The molecule has 3 nitrogen and oxygen atoms in total. The number of carbonyl (C=O) groups is 1. The third-order valence-electron chi connectivity index (χ3n) is 3.66. The fourth-order valence-electron chi connectivity index (χ4n) is 2.13. The SMILES string of the molecule is CSC(C)(C)CNC(=O)C1(CN)CCCC1. The van der Waals surface area contributed by atoms with Gasteiger partial charge >= 0.3 is 0 Å². The fourth-order valence-corrected chi connectivity index (χ4v) is 2.34. The van der Waals surface area contributed by atoms with Gasteiger partial charge in [-0.3, -0.25) is 4.79 Å². The quantitative estimate of drug-likeness (QED) is 0.775. The van der Waals surface area contributed by atoms with E-state index in [2.05, 4.69) is 25.4 Å². The van der Waals surface area contributed by atoms with Crippen LogP contribution in [0.15, 0.2) is 0 Å². The van der Waals surface area contributed by atoms with Crippen molar-refractivity contribution in [2.75, 3.05) is 19.3 Å². The van der Waals surface area contributed by atoms with Crippen LogP contribution in [0.5, 0.6) is 0 Å². The molecule has 94 valence electrons. The third kappa shape index (κ3) is 3.14. The number of nitrogens with one attached hydrogen (secondary N) is 1. The minimum Gasteiger partial charge on any atom is -0.354 e. The predicted molar refractivity (Wildman–Crippen MR) is 70.6 cm³/mol. The summed E-state index contributed by atoms with van der Waals surface area (Å²) in [5, 5.41) is 3.07. The van der Waals surface area contributed by atoms with Gasteiger partial charge in [0.15, 0.2) is 0 Å². The molecule has 1 fully saturated rings. The van der Waals surface area contributed by atoms with E-state index in [0.29, 0.717) is 6.54 Å². The molecule has 0 aliphatic heterocycles. The van der Waals surface area contributed by atoms with Crippen LogP contribution in [0.3, 0.4) is 0 Å². The number of amides is 1. The molecule has 0 atom stereocenters. The van der Waals surface area contributed by atoms with E-state index in [9.17, 15) is 4.79 Å². The minimum absolute atomic E-state index is 0.101. The van der Waals surface area contributed by atoms with Crippen LogP contribution in [0.4, 0.5) is 0 Å². The van der Waals surface area contributed by atoms with Gasteiger partial charge in [0.25, 0.3) is 0 Å². The molecule has 0 radical (unpaired) electrons. The Balaban J connectivity index is 2.51. The molecule has 1 rings (SSSR count). The Morgan fingerprint density at radius 2 is 2.00 bits per heavy atom. The lowest BCUT2D eigenvalue weighted by molar-refractivity contribution is -0.130. The van der Waals surface area contributed by atoms with Crippen LogP contribution >= 0.6 is 11.8 Å². The molecule has 0 bridgehead atoms. The second-order valence-corrected chi connectivity index (χ2v) is 6.85. The minimum atomic E-state index is -0.269. The zero-order chi connectivity index (χ0) is 12.2. The summed E-state index contributed by atoms with van der Waals surface area (Å²) in [5.41, 5.74) is 5.51. The van der Waals surface area contributed by atoms with Gasteiger partial charge in [0.2, 0.25) is 5.91 Å². The molecule has 16 heavy (non-hydrogen) atoms. The number of rotatable bonds is 5. The largest absolute Gasteiger partial charge is 0.354 e. The van der Waals surface area contributed by atoms with Crippen LogP contribution < -0.4 is 11.1 Å². The zero-order valence-electron chi connectivity index (χ0n) is 10.6. The van der Waals surface area contributed by atoms with E-state index in [0.717, 1.165) is 32.2 Å². The van der Waals surface area contributed by atoms with Crippen molar-refractivity contribution >= 4 is 17.7 Å². The van der Waals surface area contributed by atoms with Gasteiger partial charge in [0, 0.05) is 17.8 Å². The molecular formula is C12H24N2OS. The van der Waals surface area contributed by atoms with Gasteiger partial charge in [0.1, 0.15) is 0 Å². The summed E-state index contributed by atoms with van der Waals surface area (Å²) in [6, 6.07) is 0. The monoisotopic (exact) mass is 244 g/mol. The lowest BCUT2D eigenvalue weighted by Gasteiger charge is -2.29. The van der Waals surface area contributed by atoms with E-state index in [1.54, 1.807) is 11.8 Å². The maximum atomic E-state index is 12.2. The average molecular weight is 244 g/mol. The highest BCUT2D eigenvalue weighted by Crippen LogP contribution is 2.37. The predicted octanol–water partition coefficient (Wildman–Crippen LogP) is 1.76. The lowest BCUT2D eigenvalue weighted by atomic mass is 9.85. The van der Waals surface area contributed by atoms with E-state index in [-0.39, 0.29) is 16.1 Å². The van der Waals surface area contributed by atoms with Crippen molar-refractivity contribution in [1.29, 1.82) is 0 Å². The summed E-state index contributed by atoms with van der Waals surface area (Å²) in [6.45, 7) is 5.48. The molecule has 3 N–H and O–H groups in total. The summed E-state index contributed by atoms with van der Waals surface area (Å²) in [5.74, 6) is 0.162. The van der Waals surface area contributed by atoms with E-state index >= 15 is 0 Å². The van der Waals surface area contributed by atoms with Crippen LogP contribution in [0.1, 0.15) is 39.5 Å². The van der Waals surface area contributed by atoms with Crippen molar-refractivity contribution in [3.05, 3.63) is 0 Å². The van der Waals surface area contributed by atoms with Gasteiger partial charge in [-0.15, -0.1) is 0 Å². The first-order chi connectivity index (χ1) is 7.46. The van der Waals surface area contributed by atoms with Crippen molar-refractivity contribution < 1.29 is 4.79 Å². The van der Waals surface area contributed by atoms with Gasteiger partial charge < -0.3 is 11.1 Å². The van der Waals surface area contributed by atoms with Gasteiger partial charge in [-0.2, -0.15) is 11.8 Å². The molecule has 0 spiro atoms. The molecule has 0 aromatic carbocycles. The second kappa shape index (κ2) is 5.41. The maximum absolute atomic E-state index is 12.2. The molecule has 0 unspecified atom stereocenters. The Morgan fingerprint density at radius 1 is 1.44 bits per heavy atom. The number of thioether (sulfide) groups is 1. The fraction of sp³-hybridized carbons (Fsp3) is 0.917. The molecule has 0 heterocycles. The summed E-state index contributed by atoms with van der Waals surface area (Å²) in [6.07, 6.45) is 6.25. The van der Waals surface area contributed by atoms with Crippen molar-refractivity contribution in [3.8, 4) is 0 Å². The van der Waals surface area contributed by atoms with E-state index < -0.39 is 0 Å². The van der Waals surface area contributed by atoms with Crippen molar-refractivity contribution in [2.45, 2.75) is 44.3 Å². The summed E-state index contributed by atoms with van der Waals surface area (Å²) < 4.78 is 0.101. The topological polar surface area (TPSA) is 55.1 Å². The Hall–Kier alpha value is -0.220. The molecule has 0 aromatic heterocycles. The molecule has 1 saturated carbocycles. The van der Waals surface area contributed by atoms with Crippen LogP contribution in [-0.4, -0.2) is 30.0 Å². The summed E-state index contributed by atoms with van der Waals surface area (Å²) >= 11 is 1.77. The Morgan fingerprint density at radius 3 is 2.44 bits per heavy atom. The first-order valence-electron chi connectivity index (χ1n) is 5.99. The molecule has 0 aromatic rings. The molecule has 0 saturated heterocycles. The highest BCUT2D eigenvalue weighted by molar-refractivity contribution is 7.99. The van der Waals surface area contributed by atoms with E-state index in [1.165, 1.54) is 0 Å². The molecular weight excluding hydrogens is 220 g/mol. The highest BCUT2D eigenvalue weighted by atomic mass is 32.2. The van der Waals surface area contributed by atoms with Crippen LogP contribution in [0.2, 0.25) is 0 Å². The Bertz CT molecular complexity index is 247. The standard InChI is InChI=1S/C12H24N2OS/c1-11(2,16-3)9-14-10(15)12(8-13)6-4-5-7-12/h4-9,13H2,1-3H3,(H,14,15). The van der Waals surface area contributed by atoms with Crippen molar-refractivity contribution in [2.24, 2.45) is 11.1 Å². The van der Waals surface area contributed by atoms with Crippen LogP contribution in [0.25, 0.3) is 0 Å². The maximum Gasteiger partial charge on any atom is 0.227 e. The molecule has 4 heteroatoms. The number of nitrogens with two attached hydrogens (primary N) is 1. The molecule has 1 aliphatic carbocycles. The smallest absolute Gasteiger partial charge is 0.227 e.